The number of aliphatic carboxylic acids is 1. The van der Waals surface area contributed by atoms with Gasteiger partial charge in [-0.3, -0.25) is 4.79 Å². The summed E-state index contributed by atoms with van der Waals surface area (Å²) in [5.74, 6) is -1.40. The third kappa shape index (κ3) is 1.37. The molecule has 0 amide bonds. The van der Waals surface area contributed by atoms with Gasteiger partial charge in [-0.1, -0.05) is 18.6 Å². The predicted octanol–water partition coefficient (Wildman–Crippen LogP) is 2.34. The lowest BCUT2D eigenvalue weighted by Gasteiger charge is -2.38. The highest BCUT2D eigenvalue weighted by Crippen LogP contribution is 2.46. The van der Waals surface area contributed by atoms with Crippen LogP contribution in [0.25, 0.3) is 0 Å². The Morgan fingerprint density at radius 2 is 2.19 bits per heavy atom. The van der Waals surface area contributed by atoms with E-state index in [-0.39, 0.29) is 11.3 Å². The van der Waals surface area contributed by atoms with Crippen molar-refractivity contribution < 1.29 is 19.0 Å². The molecule has 2 rings (SSSR count). The van der Waals surface area contributed by atoms with E-state index in [1.54, 1.807) is 6.07 Å². The van der Waals surface area contributed by atoms with E-state index in [2.05, 4.69) is 0 Å². The van der Waals surface area contributed by atoms with Crippen LogP contribution < -0.4 is 4.74 Å². The van der Waals surface area contributed by atoms with Gasteiger partial charge in [-0.2, -0.15) is 0 Å². The molecule has 0 heterocycles. The number of rotatable bonds is 3. The first kappa shape index (κ1) is 10.9. The summed E-state index contributed by atoms with van der Waals surface area (Å²) < 4.78 is 18.8. The van der Waals surface area contributed by atoms with E-state index in [9.17, 15) is 14.3 Å². The normalized spacial score (nSPS) is 17.6. The molecule has 3 nitrogen and oxygen atoms in total. The average Bonchev–Trinajstić information content (AvgIpc) is 2.18. The molecule has 1 saturated carbocycles. The second-order valence-corrected chi connectivity index (χ2v) is 4.06. The van der Waals surface area contributed by atoms with Crippen LogP contribution in [0.2, 0.25) is 0 Å². The zero-order chi connectivity index (χ0) is 11.8. The number of carboxylic acid groups (broad SMARTS) is 1. The molecule has 0 bridgehead atoms. The first-order valence-corrected chi connectivity index (χ1v) is 5.18. The van der Waals surface area contributed by atoms with Crippen LogP contribution in [0.3, 0.4) is 0 Å². The summed E-state index contributed by atoms with van der Waals surface area (Å²) in [6, 6.07) is 4.65. The molecule has 4 heteroatoms. The van der Waals surface area contributed by atoms with Gasteiger partial charge in [0.05, 0.1) is 12.5 Å². The number of ether oxygens (including phenoxy) is 1. The molecule has 0 radical (unpaired) electrons. The van der Waals surface area contributed by atoms with Crippen molar-refractivity contribution in [1.82, 2.24) is 0 Å². The van der Waals surface area contributed by atoms with Gasteiger partial charge in [0.25, 0.3) is 0 Å². The SMILES string of the molecule is COc1cccc(C2(C(=O)O)CCC2)c1F. The fourth-order valence-corrected chi connectivity index (χ4v) is 2.17. The number of carbonyl (C=O) groups is 1. The van der Waals surface area contributed by atoms with Crippen molar-refractivity contribution >= 4 is 5.97 Å². The van der Waals surface area contributed by atoms with E-state index >= 15 is 0 Å². The zero-order valence-electron chi connectivity index (χ0n) is 9.00. The van der Waals surface area contributed by atoms with Crippen LogP contribution in [-0.2, 0) is 10.2 Å². The fraction of sp³-hybridized carbons (Fsp3) is 0.417. The molecule has 16 heavy (non-hydrogen) atoms. The summed E-state index contributed by atoms with van der Waals surface area (Å²) in [6.45, 7) is 0. The molecule has 1 aliphatic rings. The number of benzene rings is 1. The van der Waals surface area contributed by atoms with Crippen molar-refractivity contribution in [2.45, 2.75) is 24.7 Å². The minimum Gasteiger partial charge on any atom is -0.494 e. The van der Waals surface area contributed by atoms with Crippen LogP contribution in [0.5, 0.6) is 5.75 Å². The molecule has 1 aliphatic carbocycles. The van der Waals surface area contributed by atoms with Gasteiger partial charge in [-0.15, -0.1) is 0 Å². The second-order valence-electron chi connectivity index (χ2n) is 4.06. The minimum absolute atomic E-state index is 0.102. The monoisotopic (exact) mass is 224 g/mol. The molecule has 1 fully saturated rings. The largest absolute Gasteiger partial charge is 0.494 e. The Kier molecular flexibility index (Phi) is 2.58. The lowest BCUT2D eigenvalue weighted by Crippen LogP contribution is -2.43. The van der Waals surface area contributed by atoms with E-state index in [0.717, 1.165) is 6.42 Å². The smallest absolute Gasteiger partial charge is 0.314 e. The highest BCUT2D eigenvalue weighted by molar-refractivity contribution is 5.82. The Balaban J connectivity index is 2.51. The van der Waals surface area contributed by atoms with Crippen LogP contribution in [0.4, 0.5) is 4.39 Å². The van der Waals surface area contributed by atoms with Crippen molar-refractivity contribution in [3.8, 4) is 5.75 Å². The third-order valence-corrected chi connectivity index (χ3v) is 3.32. The highest BCUT2D eigenvalue weighted by Gasteiger charge is 2.47. The van der Waals surface area contributed by atoms with E-state index in [0.29, 0.717) is 12.8 Å². The Morgan fingerprint density at radius 1 is 1.50 bits per heavy atom. The molecule has 0 saturated heterocycles. The summed E-state index contributed by atoms with van der Waals surface area (Å²) in [5.41, 5.74) is -0.802. The first-order chi connectivity index (χ1) is 7.62. The third-order valence-electron chi connectivity index (χ3n) is 3.32. The van der Waals surface area contributed by atoms with Gasteiger partial charge in [-0.25, -0.2) is 4.39 Å². The van der Waals surface area contributed by atoms with E-state index in [1.165, 1.54) is 19.2 Å². The van der Waals surface area contributed by atoms with Crippen LogP contribution >= 0.6 is 0 Å². The maximum atomic E-state index is 14.0. The molecule has 0 aromatic heterocycles. The van der Waals surface area contributed by atoms with Crippen molar-refractivity contribution in [3.05, 3.63) is 29.6 Å². The molecule has 0 atom stereocenters. The Morgan fingerprint density at radius 3 is 2.62 bits per heavy atom. The number of hydrogen-bond donors (Lipinski definition) is 1. The van der Waals surface area contributed by atoms with E-state index < -0.39 is 17.2 Å². The molecule has 0 aliphatic heterocycles. The molecule has 86 valence electrons. The predicted molar refractivity (Wildman–Crippen MR) is 56.1 cm³/mol. The van der Waals surface area contributed by atoms with Crippen molar-refractivity contribution in [2.75, 3.05) is 7.11 Å². The Bertz CT molecular complexity index is 424. The minimum atomic E-state index is -1.04. The first-order valence-electron chi connectivity index (χ1n) is 5.18. The van der Waals surface area contributed by atoms with Crippen LogP contribution in [0.15, 0.2) is 18.2 Å². The van der Waals surface area contributed by atoms with Crippen LogP contribution in [0, 0.1) is 5.82 Å². The van der Waals surface area contributed by atoms with Gasteiger partial charge in [0.2, 0.25) is 0 Å². The maximum Gasteiger partial charge on any atom is 0.314 e. The summed E-state index contributed by atoms with van der Waals surface area (Å²) in [7, 11) is 1.37. The Hall–Kier alpha value is -1.58. The molecule has 1 N–H and O–H groups in total. The number of methoxy groups -OCH3 is 1. The molecular weight excluding hydrogens is 211 g/mol. The maximum absolute atomic E-state index is 14.0. The molecule has 0 spiro atoms. The summed E-state index contributed by atoms with van der Waals surface area (Å²) in [5, 5.41) is 9.22. The van der Waals surface area contributed by atoms with E-state index in [1.807, 2.05) is 0 Å². The van der Waals surface area contributed by atoms with Gasteiger partial charge < -0.3 is 9.84 Å². The fourth-order valence-electron chi connectivity index (χ4n) is 2.17. The highest BCUT2D eigenvalue weighted by atomic mass is 19.1. The van der Waals surface area contributed by atoms with Crippen LogP contribution in [0.1, 0.15) is 24.8 Å². The van der Waals surface area contributed by atoms with Gasteiger partial charge in [0, 0.05) is 5.56 Å². The second kappa shape index (κ2) is 3.77. The summed E-state index contributed by atoms with van der Waals surface area (Å²) in [6.07, 6.45) is 1.81. The van der Waals surface area contributed by atoms with E-state index in [4.69, 9.17) is 4.74 Å². The summed E-state index contributed by atoms with van der Waals surface area (Å²) in [4.78, 5) is 11.2. The molecule has 1 aromatic rings. The standard InChI is InChI=1S/C12H13FO3/c1-16-9-5-2-4-8(10(9)13)12(11(14)15)6-3-7-12/h2,4-5H,3,6-7H2,1H3,(H,14,15). The number of hydrogen-bond acceptors (Lipinski definition) is 2. The summed E-state index contributed by atoms with van der Waals surface area (Å²) >= 11 is 0. The van der Waals surface area contributed by atoms with Crippen molar-refractivity contribution in [2.24, 2.45) is 0 Å². The average molecular weight is 224 g/mol. The van der Waals surface area contributed by atoms with Gasteiger partial charge in [0.15, 0.2) is 11.6 Å². The molecule has 1 aromatic carbocycles. The van der Waals surface area contributed by atoms with Gasteiger partial charge in [-0.05, 0) is 18.9 Å². The van der Waals surface area contributed by atoms with Crippen LogP contribution in [-0.4, -0.2) is 18.2 Å². The topological polar surface area (TPSA) is 46.5 Å². The van der Waals surface area contributed by atoms with Gasteiger partial charge >= 0.3 is 5.97 Å². The zero-order valence-corrected chi connectivity index (χ0v) is 9.00. The number of halogens is 1. The van der Waals surface area contributed by atoms with Crippen molar-refractivity contribution in [1.29, 1.82) is 0 Å². The quantitative estimate of drug-likeness (QED) is 0.857. The lowest BCUT2D eigenvalue weighted by molar-refractivity contribution is -0.147. The lowest BCUT2D eigenvalue weighted by atomic mass is 9.64. The molecular formula is C12H13FO3. The molecule has 0 unspecified atom stereocenters. The Labute approximate surface area is 92.9 Å². The van der Waals surface area contributed by atoms with Crippen molar-refractivity contribution in [3.63, 3.8) is 0 Å². The number of carboxylic acids is 1. The van der Waals surface area contributed by atoms with Gasteiger partial charge in [0.1, 0.15) is 0 Å².